The summed E-state index contributed by atoms with van der Waals surface area (Å²) in [5.74, 6) is 0. The fraction of sp³-hybridized carbons (Fsp3) is 0.909. The van der Waals surface area contributed by atoms with Crippen LogP contribution in [0.25, 0.3) is 0 Å². The lowest BCUT2D eigenvalue weighted by atomic mass is 10.0. The van der Waals surface area contributed by atoms with E-state index in [1.165, 1.54) is 0 Å². The summed E-state index contributed by atoms with van der Waals surface area (Å²) in [6, 6.07) is 0. The highest BCUT2D eigenvalue weighted by atomic mass is 79.9. The number of rotatable bonds is 1. The second-order valence-corrected chi connectivity index (χ2v) is 5.93. The van der Waals surface area contributed by atoms with E-state index in [1.54, 1.807) is 0 Å². The minimum absolute atomic E-state index is 0.0810. The van der Waals surface area contributed by atoms with Crippen LogP contribution in [0.4, 0.5) is 4.79 Å². The highest BCUT2D eigenvalue weighted by molar-refractivity contribution is 9.09. The molecule has 1 heterocycles. The molecule has 0 N–H and O–H groups in total. The number of likely N-dealkylation sites (tertiary alicyclic amines) is 1. The van der Waals surface area contributed by atoms with Crippen molar-refractivity contribution in [3.63, 3.8) is 0 Å². The van der Waals surface area contributed by atoms with E-state index in [1.807, 2.05) is 25.7 Å². The van der Waals surface area contributed by atoms with E-state index in [9.17, 15) is 4.79 Å². The zero-order valence-corrected chi connectivity index (χ0v) is 11.6. The lowest BCUT2D eigenvalue weighted by Crippen LogP contribution is -2.48. The second-order valence-electron chi connectivity index (χ2n) is 5.37. The van der Waals surface area contributed by atoms with Crippen LogP contribution in [0.1, 0.15) is 40.5 Å². The first-order valence-electron chi connectivity index (χ1n) is 5.35. The highest BCUT2D eigenvalue weighted by Gasteiger charge is 2.40. The first-order chi connectivity index (χ1) is 6.78. The zero-order chi connectivity index (χ0) is 11.7. The molecule has 1 aliphatic heterocycles. The lowest BCUT2D eigenvalue weighted by molar-refractivity contribution is 0.0142. The molecular formula is C11H20BrNO2. The quantitative estimate of drug-likeness (QED) is 0.689. The predicted octanol–water partition coefficient (Wildman–Crippen LogP) is 3.17. The van der Waals surface area contributed by atoms with Gasteiger partial charge in [-0.25, -0.2) is 4.79 Å². The molecule has 0 aliphatic carbocycles. The number of nitrogens with zero attached hydrogens (tertiary/aromatic N) is 1. The molecule has 0 saturated carbocycles. The summed E-state index contributed by atoms with van der Waals surface area (Å²) in [5.41, 5.74) is -0.491. The minimum atomic E-state index is -0.410. The Balaban J connectivity index is 2.67. The molecule has 1 fully saturated rings. The van der Waals surface area contributed by atoms with Gasteiger partial charge in [-0.3, -0.25) is 0 Å². The van der Waals surface area contributed by atoms with Gasteiger partial charge in [0.1, 0.15) is 5.60 Å². The molecule has 1 saturated heterocycles. The molecular weight excluding hydrogens is 258 g/mol. The topological polar surface area (TPSA) is 29.5 Å². The number of halogens is 1. The first-order valence-corrected chi connectivity index (χ1v) is 6.47. The van der Waals surface area contributed by atoms with Crippen LogP contribution in [0.5, 0.6) is 0 Å². The van der Waals surface area contributed by atoms with E-state index in [-0.39, 0.29) is 11.6 Å². The molecule has 15 heavy (non-hydrogen) atoms. The number of carbonyl (C=O) groups excluding carboxylic acids is 1. The summed E-state index contributed by atoms with van der Waals surface area (Å²) in [6.45, 7) is 8.58. The summed E-state index contributed by atoms with van der Waals surface area (Å²) in [5, 5.41) is 0.805. The lowest BCUT2D eigenvalue weighted by Gasteiger charge is -2.35. The van der Waals surface area contributed by atoms with Crippen molar-refractivity contribution in [2.24, 2.45) is 0 Å². The SMILES string of the molecule is CC(C)(C)OC(=O)N1CCC[C@@]1(C)CBr. The van der Waals surface area contributed by atoms with E-state index in [0.29, 0.717) is 0 Å². The van der Waals surface area contributed by atoms with Crippen molar-refractivity contribution >= 4 is 22.0 Å². The maximum atomic E-state index is 11.9. The van der Waals surface area contributed by atoms with E-state index in [4.69, 9.17) is 4.74 Å². The maximum absolute atomic E-state index is 11.9. The molecule has 0 spiro atoms. The van der Waals surface area contributed by atoms with Gasteiger partial charge in [0.05, 0.1) is 5.54 Å². The van der Waals surface area contributed by atoms with Crippen LogP contribution >= 0.6 is 15.9 Å². The molecule has 1 amide bonds. The monoisotopic (exact) mass is 277 g/mol. The molecule has 1 atom stereocenters. The Labute approximate surface area is 100 Å². The minimum Gasteiger partial charge on any atom is -0.444 e. The van der Waals surface area contributed by atoms with Gasteiger partial charge in [0.2, 0.25) is 0 Å². The number of hydrogen-bond donors (Lipinski definition) is 0. The van der Waals surface area contributed by atoms with Crippen LogP contribution in [0.2, 0.25) is 0 Å². The third-order valence-corrected chi connectivity index (χ3v) is 3.86. The smallest absolute Gasteiger partial charge is 0.410 e. The third kappa shape index (κ3) is 3.10. The van der Waals surface area contributed by atoms with Crippen molar-refractivity contribution in [2.75, 3.05) is 11.9 Å². The summed E-state index contributed by atoms with van der Waals surface area (Å²) in [4.78, 5) is 13.8. The molecule has 88 valence electrons. The standard InChI is InChI=1S/C11H20BrNO2/c1-10(2,3)15-9(14)13-7-5-6-11(13,4)8-12/h5-8H2,1-4H3/t11-/m0/s1. The first kappa shape index (κ1) is 12.8. The molecule has 1 rings (SSSR count). The normalized spacial score (nSPS) is 26.9. The predicted molar refractivity (Wildman–Crippen MR) is 64.4 cm³/mol. The molecule has 3 nitrogen and oxygen atoms in total. The fourth-order valence-electron chi connectivity index (χ4n) is 1.79. The van der Waals surface area contributed by atoms with Gasteiger partial charge in [-0.1, -0.05) is 15.9 Å². The van der Waals surface area contributed by atoms with E-state index >= 15 is 0 Å². The van der Waals surface area contributed by atoms with Gasteiger partial charge in [0.15, 0.2) is 0 Å². The Hall–Kier alpha value is -0.250. The van der Waals surface area contributed by atoms with Crippen LogP contribution in [0.15, 0.2) is 0 Å². The largest absolute Gasteiger partial charge is 0.444 e. The maximum Gasteiger partial charge on any atom is 0.410 e. The van der Waals surface area contributed by atoms with Gasteiger partial charge in [0, 0.05) is 11.9 Å². The Kier molecular flexibility index (Phi) is 3.69. The Morgan fingerprint density at radius 2 is 2.13 bits per heavy atom. The fourth-order valence-corrected chi connectivity index (χ4v) is 2.37. The molecule has 0 aromatic rings. The number of alkyl halides is 1. The van der Waals surface area contributed by atoms with Crippen LogP contribution in [-0.4, -0.2) is 34.0 Å². The van der Waals surface area contributed by atoms with E-state index < -0.39 is 5.60 Å². The molecule has 0 bridgehead atoms. The van der Waals surface area contributed by atoms with Crippen molar-refractivity contribution in [2.45, 2.75) is 51.7 Å². The average Bonchev–Trinajstić information content (AvgIpc) is 2.45. The van der Waals surface area contributed by atoms with Crippen molar-refractivity contribution in [1.82, 2.24) is 4.90 Å². The summed E-state index contributed by atoms with van der Waals surface area (Å²) < 4.78 is 5.39. The van der Waals surface area contributed by atoms with Crippen molar-refractivity contribution in [3.8, 4) is 0 Å². The van der Waals surface area contributed by atoms with E-state index in [0.717, 1.165) is 24.7 Å². The van der Waals surface area contributed by atoms with Gasteiger partial charge in [-0.05, 0) is 40.5 Å². The van der Waals surface area contributed by atoms with Gasteiger partial charge < -0.3 is 9.64 Å². The summed E-state index contributed by atoms with van der Waals surface area (Å²) >= 11 is 3.47. The van der Waals surface area contributed by atoms with Crippen LogP contribution < -0.4 is 0 Å². The summed E-state index contributed by atoms with van der Waals surface area (Å²) in [7, 11) is 0. The van der Waals surface area contributed by atoms with Crippen LogP contribution in [-0.2, 0) is 4.74 Å². The van der Waals surface area contributed by atoms with Gasteiger partial charge in [-0.15, -0.1) is 0 Å². The van der Waals surface area contributed by atoms with E-state index in [2.05, 4.69) is 22.9 Å². The van der Waals surface area contributed by atoms with Crippen LogP contribution in [0, 0.1) is 0 Å². The number of amides is 1. The molecule has 4 heteroatoms. The summed E-state index contributed by atoms with van der Waals surface area (Å²) in [6.07, 6.45) is 1.90. The Morgan fingerprint density at radius 3 is 2.60 bits per heavy atom. The van der Waals surface area contributed by atoms with Crippen LogP contribution in [0.3, 0.4) is 0 Å². The molecule has 0 radical (unpaired) electrons. The molecule has 0 aromatic heterocycles. The van der Waals surface area contributed by atoms with Gasteiger partial charge in [-0.2, -0.15) is 0 Å². The Bertz CT molecular complexity index is 249. The molecule has 0 aromatic carbocycles. The molecule has 0 unspecified atom stereocenters. The van der Waals surface area contributed by atoms with Gasteiger partial charge in [0.25, 0.3) is 0 Å². The molecule has 1 aliphatic rings. The average molecular weight is 278 g/mol. The van der Waals surface area contributed by atoms with Crippen molar-refractivity contribution in [1.29, 1.82) is 0 Å². The van der Waals surface area contributed by atoms with Crippen molar-refractivity contribution in [3.05, 3.63) is 0 Å². The number of ether oxygens (including phenoxy) is 1. The number of hydrogen-bond acceptors (Lipinski definition) is 2. The van der Waals surface area contributed by atoms with Crippen molar-refractivity contribution < 1.29 is 9.53 Å². The highest BCUT2D eigenvalue weighted by Crippen LogP contribution is 2.31. The Morgan fingerprint density at radius 1 is 1.53 bits per heavy atom. The second kappa shape index (κ2) is 4.32. The number of carbonyl (C=O) groups is 1. The zero-order valence-electron chi connectivity index (χ0n) is 9.97. The van der Waals surface area contributed by atoms with Gasteiger partial charge >= 0.3 is 6.09 Å². The third-order valence-electron chi connectivity index (χ3n) is 2.65.